The third-order valence-corrected chi connectivity index (χ3v) is 4.14. The number of carbonyl (C=O) groups excluding carboxylic acids is 1. The van der Waals surface area contributed by atoms with Crippen LogP contribution in [0.15, 0.2) is 53.7 Å². The lowest BCUT2D eigenvalue weighted by molar-refractivity contribution is -0.274. The summed E-state index contributed by atoms with van der Waals surface area (Å²) in [6.07, 6.45) is -4.79. The first kappa shape index (κ1) is 19.6. The van der Waals surface area contributed by atoms with Gasteiger partial charge in [0, 0.05) is 5.69 Å². The molecule has 3 rings (SSSR count). The smallest absolute Gasteiger partial charge is 0.406 e. The van der Waals surface area contributed by atoms with Gasteiger partial charge in [0.25, 0.3) is 0 Å². The van der Waals surface area contributed by atoms with Crippen LogP contribution < -0.4 is 10.1 Å². The van der Waals surface area contributed by atoms with Crippen LogP contribution in [0.3, 0.4) is 0 Å². The summed E-state index contributed by atoms with van der Waals surface area (Å²) in [5, 5.41) is 13.7. The van der Waals surface area contributed by atoms with E-state index in [1.165, 1.54) is 30.3 Å². The van der Waals surface area contributed by atoms with Crippen LogP contribution >= 0.6 is 11.8 Å². The lowest BCUT2D eigenvalue weighted by Gasteiger charge is -2.10. The van der Waals surface area contributed by atoms with Crippen LogP contribution in [0.1, 0.15) is 0 Å². The van der Waals surface area contributed by atoms with E-state index in [4.69, 9.17) is 0 Å². The molecule has 7 nitrogen and oxygen atoms in total. The molecule has 0 saturated carbocycles. The number of hydrogen-bond acceptors (Lipinski definition) is 6. The van der Waals surface area contributed by atoms with Crippen molar-refractivity contribution in [1.82, 2.24) is 20.2 Å². The Morgan fingerprint density at radius 2 is 1.86 bits per heavy atom. The zero-order valence-corrected chi connectivity index (χ0v) is 14.7. The van der Waals surface area contributed by atoms with E-state index < -0.39 is 23.8 Å². The van der Waals surface area contributed by atoms with Crippen LogP contribution in [0.5, 0.6) is 5.75 Å². The molecule has 0 bridgehead atoms. The second-order valence-electron chi connectivity index (χ2n) is 5.23. The number of aromatic nitrogens is 4. The molecule has 1 heterocycles. The third-order valence-electron chi connectivity index (χ3n) is 3.23. The zero-order chi connectivity index (χ0) is 20.1. The normalized spacial score (nSPS) is 11.3. The van der Waals surface area contributed by atoms with Gasteiger partial charge in [-0.05, 0) is 46.8 Å². The third kappa shape index (κ3) is 5.19. The molecule has 12 heteroatoms. The van der Waals surface area contributed by atoms with E-state index in [0.29, 0.717) is 0 Å². The van der Waals surface area contributed by atoms with Crippen molar-refractivity contribution in [3.8, 4) is 11.4 Å². The molecule has 0 saturated heterocycles. The molecule has 0 fully saturated rings. The van der Waals surface area contributed by atoms with Crippen molar-refractivity contribution in [3.63, 3.8) is 0 Å². The number of carbonyl (C=O) groups is 1. The molecule has 0 spiro atoms. The molecule has 28 heavy (non-hydrogen) atoms. The standard InChI is InChI=1S/C16H11F4N5O2S/c17-12-3-1-2-4-13(12)25-15(22-23-24-25)28-9-14(26)21-10-5-7-11(8-6-10)27-16(18,19)20/h1-8H,9H2,(H,21,26). The van der Waals surface area contributed by atoms with Gasteiger partial charge in [0.2, 0.25) is 11.1 Å². The van der Waals surface area contributed by atoms with E-state index in [-0.39, 0.29) is 22.3 Å². The molecule has 0 atom stereocenters. The number of halogens is 4. The van der Waals surface area contributed by atoms with E-state index in [0.717, 1.165) is 28.6 Å². The number of ether oxygens (including phenoxy) is 1. The highest BCUT2D eigenvalue weighted by Crippen LogP contribution is 2.24. The van der Waals surface area contributed by atoms with Crippen molar-refractivity contribution in [1.29, 1.82) is 0 Å². The topological polar surface area (TPSA) is 81.9 Å². The number of thioether (sulfide) groups is 1. The predicted molar refractivity (Wildman–Crippen MR) is 91.6 cm³/mol. The van der Waals surface area contributed by atoms with E-state index in [1.807, 2.05) is 0 Å². The van der Waals surface area contributed by atoms with Crippen molar-refractivity contribution >= 4 is 23.4 Å². The Labute approximate surface area is 159 Å². The number of anilines is 1. The first-order valence-corrected chi connectivity index (χ1v) is 8.62. The Morgan fingerprint density at radius 3 is 2.54 bits per heavy atom. The Kier molecular flexibility index (Phi) is 5.78. The number of benzene rings is 2. The number of tetrazole rings is 1. The van der Waals surface area contributed by atoms with E-state index >= 15 is 0 Å². The summed E-state index contributed by atoms with van der Waals surface area (Å²) >= 11 is 0.970. The summed E-state index contributed by atoms with van der Waals surface area (Å²) in [6, 6.07) is 10.6. The average molecular weight is 413 g/mol. The maximum absolute atomic E-state index is 13.9. The predicted octanol–water partition coefficient (Wildman–Crippen LogP) is 3.43. The number of alkyl halides is 3. The lowest BCUT2D eigenvalue weighted by Crippen LogP contribution is -2.17. The summed E-state index contributed by atoms with van der Waals surface area (Å²) in [5.41, 5.74) is 0.421. The maximum atomic E-state index is 13.9. The number of hydrogen-bond donors (Lipinski definition) is 1. The molecular formula is C16H11F4N5O2S. The van der Waals surface area contributed by atoms with Gasteiger partial charge in [-0.2, -0.15) is 4.68 Å². The van der Waals surface area contributed by atoms with E-state index in [2.05, 4.69) is 25.6 Å². The number of nitrogens with one attached hydrogen (secondary N) is 1. The van der Waals surface area contributed by atoms with Crippen LogP contribution in [0.25, 0.3) is 5.69 Å². The molecular weight excluding hydrogens is 402 g/mol. The highest BCUT2D eigenvalue weighted by Gasteiger charge is 2.30. The quantitative estimate of drug-likeness (QED) is 0.493. The monoisotopic (exact) mass is 413 g/mol. The molecule has 0 aliphatic rings. The molecule has 0 unspecified atom stereocenters. The van der Waals surface area contributed by atoms with Crippen molar-refractivity contribution in [3.05, 3.63) is 54.3 Å². The van der Waals surface area contributed by atoms with Crippen LogP contribution in [0.4, 0.5) is 23.2 Å². The van der Waals surface area contributed by atoms with Gasteiger partial charge in [0.15, 0.2) is 0 Å². The molecule has 1 aromatic heterocycles. The fourth-order valence-corrected chi connectivity index (χ4v) is 2.79. The summed E-state index contributed by atoms with van der Waals surface area (Å²) in [4.78, 5) is 12.0. The van der Waals surface area contributed by atoms with Gasteiger partial charge in [-0.1, -0.05) is 23.9 Å². The number of rotatable bonds is 6. The fraction of sp³-hybridized carbons (Fsp3) is 0.125. The maximum Gasteiger partial charge on any atom is 0.573 e. The van der Waals surface area contributed by atoms with Gasteiger partial charge in [-0.3, -0.25) is 4.79 Å². The summed E-state index contributed by atoms with van der Waals surface area (Å²) < 4.78 is 55.2. The molecule has 1 N–H and O–H groups in total. The first-order chi connectivity index (χ1) is 13.3. The average Bonchev–Trinajstić information content (AvgIpc) is 3.09. The number of nitrogens with zero attached hydrogens (tertiary/aromatic N) is 4. The van der Waals surface area contributed by atoms with Gasteiger partial charge in [0.1, 0.15) is 17.3 Å². The Balaban J connectivity index is 1.59. The largest absolute Gasteiger partial charge is 0.573 e. The summed E-state index contributed by atoms with van der Waals surface area (Å²) in [6.45, 7) is 0. The lowest BCUT2D eigenvalue weighted by atomic mass is 10.3. The van der Waals surface area contributed by atoms with E-state index in [1.54, 1.807) is 6.07 Å². The highest BCUT2D eigenvalue weighted by molar-refractivity contribution is 7.99. The molecule has 3 aromatic rings. The minimum Gasteiger partial charge on any atom is -0.406 e. The minimum absolute atomic E-state index is 0.102. The highest BCUT2D eigenvalue weighted by atomic mass is 32.2. The van der Waals surface area contributed by atoms with Crippen molar-refractivity contribution in [2.45, 2.75) is 11.5 Å². The number of amides is 1. The van der Waals surface area contributed by atoms with Gasteiger partial charge in [0.05, 0.1) is 5.75 Å². The molecule has 0 radical (unpaired) electrons. The van der Waals surface area contributed by atoms with Crippen molar-refractivity contribution in [2.24, 2.45) is 0 Å². The molecule has 146 valence electrons. The van der Waals surface area contributed by atoms with Crippen molar-refractivity contribution in [2.75, 3.05) is 11.1 Å². The minimum atomic E-state index is -4.79. The fourth-order valence-electron chi connectivity index (χ4n) is 2.11. The molecule has 0 aliphatic carbocycles. The summed E-state index contributed by atoms with van der Waals surface area (Å²) in [5.74, 6) is -1.47. The van der Waals surface area contributed by atoms with Gasteiger partial charge in [-0.15, -0.1) is 18.3 Å². The molecule has 0 aliphatic heterocycles. The first-order valence-electron chi connectivity index (χ1n) is 7.63. The van der Waals surface area contributed by atoms with Gasteiger partial charge >= 0.3 is 6.36 Å². The zero-order valence-electron chi connectivity index (χ0n) is 13.9. The SMILES string of the molecule is O=C(CSc1nnnn1-c1ccccc1F)Nc1ccc(OC(F)(F)F)cc1. The van der Waals surface area contributed by atoms with Crippen molar-refractivity contribution < 1.29 is 27.1 Å². The Bertz CT molecular complexity index is 962. The Hall–Kier alpha value is -3.15. The van der Waals surface area contributed by atoms with Crippen LogP contribution in [0, 0.1) is 5.82 Å². The van der Waals surface area contributed by atoms with Gasteiger partial charge in [-0.25, -0.2) is 4.39 Å². The van der Waals surface area contributed by atoms with Gasteiger partial charge < -0.3 is 10.1 Å². The second-order valence-corrected chi connectivity index (χ2v) is 6.18. The second kappa shape index (κ2) is 8.25. The van der Waals surface area contributed by atoms with E-state index in [9.17, 15) is 22.4 Å². The van der Waals surface area contributed by atoms with Crippen LogP contribution in [-0.2, 0) is 4.79 Å². The molecule has 1 amide bonds. The molecule has 2 aromatic carbocycles. The van der Waals surface area contributed by atoms with Crippen LogP contribution in [0.2, 0.25) is 0 Å². The Morgan fingerprint density at radius 1 is 1.14 bits per heavy atom. The van der Waals surface area contributed by atoms with Crippen LogP contribution in [-0.4, -0.2) is 38.2 Å². The summed E-state index contributed by atoms with van der Waals surface area (Å²) in [7, 11) is 0. The number of para-hydroxylation sites is 1.